The summed E-state index contributed by atoms with van der Waals surface area (Å²) in [6, 6.07) is 15.6. The average Bonchev–Trinajstić information content (AvgIpc) is 2.53. The zero-order chi connectivity index (χ0) is 15.9. The van der Waals surface area contributed by atoms with Crippen LogP contribution in [0.3, 0.4) is 0 Å². The van der Waals surface area contributed by atoms with Gasteiger partial charge in [-0.25, -0.2) is 0 Å². The molecule has 5 heteroatoms. The molecular weight excluding hydrogens is 280 g/mol. The number of likely N-dealkylation sites (N-methyl/N-ethyl adjacent to an activating group) is 1. The van der Waals surface area contributed by atoms with Crippen LogP contribution in [0, 0.1) is 0 Å². The molecule has 2 aromatic rings. The van der Waals surface area contributed by atoms with E-state index in [1.165, 1.54) is 17.0 Å². The molecule has 0 aliphatic rings. The van der Waals surface area contributed by atoms with E-state index in [0.29, 0.717) is 18.8 Å². The van der Waals surface area contributed by atoms with Gasteiger partial charge in [0.1, 0.15) is 5.75 Å². The van der Waals surface area contributed by atoms with E-state index >= 15 is 0 Å². The van der Waals surface area contributed by atoms with Gasteiger partial charge in [0.2, 0.25) is 0 Å². The third-order valence-corrected chi connectivity index (χ3v) is 3.18. The first-order chi connectivity index (χ1) is 10.6. The maximum absolute atomic E-state index is 12.2. The van der Waals surface area contributed by atoms with Crippen molar-refractivity contribution in [2.24, 2.45) is 0 Å². The normalized spacial score (nSPS) is 10.0. The Morgan fingerprint density at radius 3 is 2.45 bits per heavy atom. The first-order valence-electron chi connectivity index (χ1n) is 7.03. The number of rotatable bonds is 4. The predicted octanol–water partition coefficient (Wildman–Crippen LogP) is 2.38. The number of nitrogens with one attached hydrogen (secondary N) is 1. The molecule has 22 heavy (non-hydrogen) atoms. The molecule has 2 amide bonds. The zero-order valence-corrected chi connectivity index (χ0v) is 12.3. The number of aromatic hydroxyl groups is 1. The van der Waals surface area contributed by atoms with Gasteiger partial charge in [-0.15, -0.1) is 0 Å². The van der Waals surface area contributed by atoms with Crippen molar-refractivity contribution >= 4 is 17.5 Å². The number of nitrogens with zero attached hydrogens (tertiary/aromatic N) is 1. The molecule has 0 saturated heterocycles. The Morgan fingerprint density at radius 1 is 1.09 bits per heavy atom. The van der Waals surface area contributed by atoms with Crippen molar-refractivity contribution < 1.29 is 14.7 Å². The maximum Gasteiger partial charge on any atom is 0.313 e. The van der Waals surface area contributed by atoms with Crippen molar-refractivity contribution in [3.63, 3.8) is 0 Å². The van der Waals surface area contributed by atoms with Gasteiger partial charge in [0, 0.05) is 24.8 Å². The molecule has 0 aliphatic carbocycles. The Labute approximate surface area is 129 Å². The summed E-state index contributed by atoms with van der Waals surface area (Å²) in [4.78, 5) is 25.7. The smallest absolute Gasteiger partial charge is 0.313 e. The number of hydrogen-bond donors (Lipinski definition) is 2. The number of phenolic OH excluding ortho intramolecular Hbond substituents is 1. The van der Waals surface area contributed by atoms with E-state index in [1.807, 2.05) is 37.3 Å². The van der Waals surface area contributed by atoms with Crippen LogP contribution in [0.15, 0.2) is 54.6 Å². The van der Waals surface area contributed by atoms with Crippen molar-refractivity contribution in [3.8, 4) is 5.75 Å². The van der Waals surface area contributed by atoms with Gasteiger partial charge >= 0.3 is 11.8 Å². The quantitative estimate of drug-likeness (QED) is 0.851. The first-order valence-corrected chi connectivity index (χ1v) is 7.03. The van der Waals surface area contributed by atoms with Crippen molar-refractivity contribution in [1.82, 2.24) is 4.90 Å². The summed E-state index contributed by atoms with van der Waals surface area (Å²) in [5.41, 5.74) is 1.34. The second kappa shape index (κ2) is 7.26. The fourth-order valence-corrected chi connectivity index (χ4v) is 2.04. The molecule has 0 bridgehead atoms. The lowest BCUT2D eigenvalue weighted by atomic mass is 10.2. The maximum atomic E-state index is 12.2. The van der Waals surface area contributed by atoms with Crippen LogP contribution < -0.4 is 5.32 Å². The molecule has 2 N–H and O–H groups in total. The highest BCUT2D eigenvalue weighted by atomic mass is 16.3. The van der Waals surface area contributed by atoms with Gasteiger partial charge in [-0.05, 0) is 24.6 Å². The van der Waals surface area contributed by atoms with Crippen molar-refractivity contribution in [2.75, 3.05) is 11.9 Å². The summed E-state index contributed by atoms with van der Waals surface area (Å²) in [5, 5.41) is 11.9. The average molecular weight is 298 g/mol. The highest BCUT2D eigenvalue weighted by Gasteiger charge is 2.20. The summed E-state index contributed by atoms with van der Waals surface area (Å²) >= 11 is 0. The van der Waals surface area contributed by atoms with Crippen LogP contribution in [-0.4, -0.2) is 28.4 Å². The SMILES string of the molecule is CCN(Cc1ccccc1)C(=O)C(=O)Nc1cccc(O)c1. The van der Waals surface area contributed by atoms with Gasteiger partial charge in [-0.1, -0.05) is 36.4 Å². The Bertz CT molecular complexity index is 656. The van der Waals surface area contributed by atoms with Crippen LogP contribution in [0.2, 0.25) is 0 Å². The molecule has 0 radical (unpaired) electrons. The lowest BCUT2D eigenvalue weighted by Gasteiger charge is -2.20. The van der Waals surface area contributed by atoms with Crippen molar-refractivity contribution in [3.05, 3.63) is 60.2 Å². The van der Waals surface area contributed by atoms with Crippen LogP contribution >= 0.6 is 0 Å². The minimum atomic E-state index is -0.719. The minimum Gasteiger partial charge on any atom is -0.508 e. The van der Waals surface area contributed by atoms with Gasteiger partial charge in [0.25, 0.3) is 0 Å². The summed E-state index contributed by atoms with van der Waals surface area (Å²) in [5.74, 6) is -1.29. The van der Waals surface area contributed by atoms with Crippen molar-refractivity contribution in [1.29, 1.82) is 0 Å². The van der Waals surface area contributed by atoms with E-state index in [2.05, 4.69) is 5.32 Å². The van der Waals surface area contributed by atoms with Crippen molar-refractivity contribution in [2.45, 2.75) is 13.5 Å². The Hall–Kier alpha value is -2.82. The molecule has 5 nitrogen and oxygen atoms in total. The monoisotopic (exact) mass is 298 g/mol. The molecule has 2 rings (SSSR count). The Balaban J connectivity index is 2.03. The first kappa shape index (κ1) is 15.6. The number of carbonyl (C=O) groups excluding carboxylic acids is 2. The van der Waals surface area contributed by atoms with E-state index in [-0.39, 0.29) is 5.75 Å². The van der Waals surface area contributed by atoms with E-state index in [9.17, 15) is 14.7 Å². The van der Waals surface area contributed by atoms with Crippen LogP contribution in [0.4, 0.5) is 5.69 Å². The Kier molecular flexibility index (Phi) is 5.14. The topological polar surface area (TPSA) is 69.6 Å². The minimum absolute atomic E-state index is 0.0295. The predicted molar refractivity (Wildman–Crippen MR) is 84.3 cm³/mol. The largest absolute Gasteiger partial charge is 0.508 e. The summed E-state index contributed by atoms with van der Waals surface area (Å²) in [6.45, 7) is 2.63. The van der Waals surface area contributed by atoms with Gasteiger partial charge < -0.3 is 15.3 Å². The molecule has 0 heterocycles. The van der Waals surface area contributed by atoms with E-state index in [4.69, 9.17) is 0 Å². The number of carbonyl (C=O) groups is 2. The van der Waals surface area contributed by atoms with E-state index in [0.717, 1.165) is 5.56 Å². The van der Waals surface area contributed by atoms with E-state index in [1.54, 1.807) is 12.1 Å². The summed E-state index contributed by atoms with van der Waals surface area (Å²) < 4.78 is 0. The fraction of sp³-hybridized carbons (Fsp3) is 0.176. The molecule has 0 unspecified atom stereocenters. The number of anilines is 1. The highest BCUT2D eigenvalue weighted by molar-refractivity contribution is 6.39. The van der Waals surface area contributed by atoms with Crippen LogP contribution in [-0.2, 0) is 16.1 Å². The summed E-state index contributed by atoms with van der Waals surface area (Å²) in [7, 11) is 0. The van der Waals surface area contributed by atoms with Gasteiger partial charge in [-0.2, -0.15) is 0 Å². The molecule has 0 aromatic heterocycles. The lowest BCUT2D eigenvalue weighted by Crippen LogP contribution is -2.39. The highest BCUT2D eigenvalue weighted by Crippen LogP contribution is 2.15. The molecule has 0 fully saturated rings. The molecule has 0 aliphatic heterocycles. The second-order valence-electron chi connectivity index (χ2n) is 4.81. The number of phenols is 1. The van der Waals surface area contributed by atoms with Gasteiger partial charge in [0.15, 0.2) is 0 Å². The van der Waals surface area contributed by atoms with Crippen LogP contribution in [0.1, 0.15) is 12.5 Å². The van der Waals surface area contributed by atoms with E-state index < -0.39 is 11.8 Å². The molecule has 0 spiro atoms. The molecule has 114 valence electrons. The third kappa shape index (κ3) is 4.09. The molecular formula is C17H18N2O3. The van der Waals surface area contributed by atoms with Crippen LogP contribution in [0.5, 0.6) is 5.75 Å². The number of hydrogen-bond acceptors (Lipinski definition) is 3. The zero-order valence-electron chi connectivity index (χ0n) is 12.3. The lowest BCUT2D eigenvalue weighted by molar-refractivity contribution is -0.143. The number of benzene rings is 2. The second-order valence-corrected chi connectivity index (χ2v) is 4.81. The third-order valence-electron chi connectivity index (χ3n) is 3.18. The molecule has 0 saturated carbocycles. The molecule has 2 aromatic carbocycles. The summed E-state index contributed by atoms with van der Waals surface area (Å²) in [6.07, 6.45) is 0. The van der Waals surface area contributed by atoms with Gasteiger partial charge in [-0.3, -0.25) is 9.59 Å². The van der Waals surface area contributed by atoms with Gasteiger partial charge in [0.05, 0.1) is 0 Å². The standard InChI is InChI=1S/C17H18N2O3/c1-2-19(12-13-7-4-3-5-8-13)17(22)16(21)18-14-9-6-10-15(20)11-14/h3-11,20H,2,12H2,1H3,(H,18,21). The molecule has 0 atom stereocenters. The Morgan fingerprint density at radius 2 is 1.82 bits per heavy atom. The van der Waals surface area contributed by atoms with Crippen LogP contribution in [0.25, 0.3) is 0 Å². The fourth-order valence-electron chi connectivity index (χ4n) is 2.04. The number of amides is 2.